The first-order chi connectivity index (χ1) is 9.49. The van der Waals surface area contributed by atoms with Gasteiger partial charge in [-0.25, -0.2) is 8.42 Å². The lowest BCUT2D eigenvalue weighted by molar-refractivity contribution is 0.185. The molecule has 0 aliphatic heterocycles. The van der Waals surface area contributed by atoms with E-state index in [0.717, 1.165) is 17.2 Å². The Kier molecular flexibility index (Phi) is 4.68. The van der Waals surface area contributed by atoms with Crippen molar-refractivity contribution in [2.45, 2.75) is 25.0 Å². The van der Waals surface area contributed by atoms with Gasteiger partial charge in [0, 0.05) is 17.8 Å². The minimum atomic E-state index is -3.98. The highest BCUT2D eigenvalue weighted by atomic mass is 35.7. The molecule has 0 atom stereocenters. The molecule has 0 unspecified atom stereocenters. The van der Waals surface area contributed by atoms with E-state index in [0.29, 0.717) is 23.7 Å². The van der Waals surface area contributed by atoms with Crippen LogP contribution in [0.1, 0.15) is 12.6 Å². The van der Waals surface area contributed by atoms with E-state index in [1.54, 1.807) is 0 Å². The molecule has 2 rings (SSSR count). The number of ether oxygens (including phenoxy) is 1. The lowest BCUT2D eigenvalue weighted by atomic mass is 10.3. The molecule has 0 radical (unpaired) electrons. The summed E-state index contributed by atoms with van der Waals surface area (Å²) < 4.78 is 33.3. The molecule has 0 spiro atoms. The van der Waals surface area contributed by atoms with Crippen molar-refractivity contribution in [3.63, 3.8) is 0 Å². The second-order valence-corrected chi connectivity index (χ2v) is 7.00. The fraction of sp³-hybridized carbons (Fsp3) is 0.556. The Labute approximate surface area is 124 Å². The smallest absolute Gasteiger partial charge is 0.296 e. The summed E-state index contributed by atoms with van der Waals surface area (Å²) in [5.41, 5.74) is 0.736. The van der Waals surface area contributed by atoms with Crippen LogP contribution in [0.5, 0.6) is 0 Å². The van der Waals surface area contributed by atoms with Gasteiger partial charge in [0.05, 0.1) is 18.8 Å². The summed E-state index contributed by atoms with van der Waals surface area (Å²) in [5, 5.41) is 11.2. The topological polar surface area (TPSA) is 99.9 Å². The van der Waals surface area contributed by atoms with Crippen LogP contribution < -0.4 is 0 Å². The Bertz CT molecular complexity index is 696. The van der Waals surface area contributed by atoms with Gasteiger partial charge in [0.2, 0.25) is 0 Å². The Morgan fingerprint density at radius 3 is 2.70 bits per heavy atom. The highest BCUT2D eigenvalue weighted by molar-refractivity contribution is 8.13. The van der Waals surface area contributed by atoms with Crippen molar-refractivity contribution in [1.82, 2.24) is 24.4 Å². The monoisotopic (exact) mass is 337 g/mol. The lowest BCUT2D eigenvalue weighted by Crippen LogP contribution is -2.11. The second kappa shape index (κ2) is 6.12. The highest BCUT2D eigenvalue weighted by Gasteiger charge is 2.25. The predicted molar refractivity (Wildman–Crippen MR) is 73.2 cm³/mol. The highest BCUT2D eigenvalue weighted by Crippen LogP contribution is 2.27. The lowest BCUT2D eigenvalue weighted by Gasteiger charge is -2.07. The van der Waals surface area contributed by atoms with Gasteiger partial charge in [-0.1, -0.05) is 11.4 Å². The summed E-state index contributed by atoms with van der Waals surface area (Å²) in [4.78, 5) is 0.683. The molecule has 2 aromatic heterocycles. The van der Waals surface area contributed by atoms with Gasteiger partial charge in [-0.05, 0) is 18.0 Å². The van der Waals surface area contributed by atoms with Crippen LogP contribution in [0.4, 0.5) is 0 Å². The molecule has 20 heavy (non-hydrogen) atoms. The minimum absolute atomic E-state index is 0.265. The number of aromatic nitrogens is 5. The molecule has 0 aliphatic carbocycles. The first-order valence-corrected chi connectivity index (χ1v) is 8.75. The molecule has 0 bridgehead atoms. The molecule has 8 nitrogen and oxygen atoms in total. The summed E-state index contributed by atoms with van der Waals surface area (Å²) in [6.45, 7) is 2.49. The van der Waals surface area contributed by atoms with Gasteiger partial charge < -0.3 is 4.74 Å². The fourth-order valence-corrected chi connectivity index (χ4v) is 3.30. The van der Waals surface area contributed by atoms with Gasteiger partial charge in [0.1, 0.15) is 4.88 Å². The van der Waals surface area contributed by atoms with E-state index in [4.69, 9.17) is 15.4 Å². The Hall–Kier alpha value is -1.10. The molecule has 0 aliphatic rings. The summed E-state index contributed by atoms with van der Waals surface area (Å²) in [6.07, 6.45) is 0.659. The van der Waals surface area contributed by atoms with E-state index in [9.17, 15) is 8.42 Å². The number of hydrogen-bond donors (Lipinski definition) is 0. The van der Waals surface area contributed by atoms with E-state index < -0.39 is 9.05 Å². The number of halogens is 1. The Morgan fingerprint density at radius 2 is 2.10 bits per heavy atom. The van der Waals surface area contributed by atoms with Crippen molar-refractivity contribution in [3.8, 4) is 10.7 Å². The van der Waals surface area contributed by atoms with E-state index in [-0.39, 0.29) is 11.7 Å². The number of nitrogens with zero attached hydrogens (tertiary/aromatic N) is 5. The van der Waals surface area contributed by atoms with Crippen LogP contribution in [-0.2, 0) is 26.8 Å². The van der Waals surface area contributed by atoms with E-state index >= 15 is 0 Å². The van der Waals surface area contributed by atoms with E-state index in [1.807, 2.05) is 6.92 Å². The van der Waals surface area contributed by atoms with Gasteiger partial charge >= 0.3 is 0 Å². The molecule has 0 amide bonds. The van der Waals surface area contributed by atoms with Crippen molar-refractivity contribution in [1.29, 1.82) is 0 Å². The number of rotatable bonds is 6. The normalized spacial score (nSPS) is 11.9. The molecule has 2 heterocycles. The summed E-state index contributed by atoms with van der Waals surface area (Å²) in [7, 11) is 2.91. The third-order valence-electron chi connectivity index (χ3n) is 2.55. The molecule has 0 fully saturated rings. The third-order valence-corrected chi connectivity index (χ3v) is 4.46. The second-order valence-electron chi connectivity index (χ2n) is 3.79. The van der Waals surface area contributed by atoms with Crippen molar-refractivity contribution in [2.24, 2.45) is 0 Å². The van der Waals surface area contributed by atoms with Crippen LogP contribution in [0.2, 0.25) is 0 Å². The average molecular weight is 338 g/mol. The number of hydrogen-bond acceptors (Lipinski definition) is 8. The van der Waals surface area contributed by atoms with Crippen LogP contribution in [0.15, 0.2) is 5.16 Å². The quantitative estimate of drug-likeness (QED) is 0.723. The van der Waals surface area contributed by atoms with Crippen LogP contribution in [0.3, 0.4) is 0 Å². The molecule has 110 valence electrons. The fourth-order valence-electron chi connectivity index (χ4n) is 1.63. The molecule has 0 aromatic carbocycles. The summed E-state index contributed by atoms with van der Waals surface area (Å²) >= 11 is 1.14. The standard InChI is InChI=1S/C9H12ClN5O3S2/c1-3-6-7(19-14-11-6)8-12-13-9(20(10,16)17)15(8)4-5-18-2/h3-5H2,1-2H3. The SMILES string of the molecule is CCc1nnsc1-c1nnc(S(=O)(=O)Cl)n1CCOC. The number of aryl methyl sites for hydroxylation is 1. The summed E-state index contributed by atoms with van der Waals surface area (Å²) in [6, 6.07) is 0. The zero-order valence-electron chi connectivity index (χ0n) is 10.8. The van der Waals surface area contributed by atoms with Gasteiger partial charge in [-0.2, -0.15) is 0 Å². The van der Waals surface area contributed by atoms with Crippen molar-refractivity contribution in [3.05, 3.63) is 5.69 Å². The van der Waals surface area contributed by atoms with Gasteiger partial charge in [-0.15, -0.1) is 15.3 Å². The maximum atomic E-state index is 11.5. The van der Waals surface area contributed by atoms with Gasteiger partial charge in [-0.3, -0.25) is 4.57 Å². The Morgan fingerprint density at radius 1 is 1.35 bits per heavy atom. The average Bonchev–Trinajstić information content (AvgIpc) is 3.00. The molecule has 11 heteroatoms. The maximum Gasteiger partial charge on any atom is 0.296 e. The van der Waals surface area contributed by atoms with Crippen LogP contribution in [0.25, 0.3) is 10.7 Å². The maximum absolute atomic E-state index is 11.5. The summed E-state index contributed by atoms with van der Waals surface area (Å²) in [5.74, 6) is 0.383. The van der Waals surface area contributed by atoms with Crippen LogP contribution in [0, 0.1) is 0 Å². The molecule has 0 N–H and O–H groups in total. The van der Waals surface area contributed by atoms with Crippen LogP contribution in [-0.4, -0.2) is 46.5 Å². The van der Waals surface area contributed by atoms with Gasteiger partial charge in [0.25, 0.3) is 14.2 Å². The minimum Gasteiger partial charge on any atom is -0.383 e. The molecular weight excluding hydrogens is 326 g/mol. The van der Waals surface area contributed by atoms with E-state index in [2.05, 4.69) is 19.8 Å². The van der Waals surface area contributed by atoms with Crippen molar-refractivity contribution >= 4 is 31.3 Å². The van der Waals surface area contributed by atoms with Crippen molar-refractivity contribution < 1.29 is 13.2 Å². The molecule has 0 saturated heterocycles. The Balaban J connectivity index is 2.56. The zero-order chi connectivity index (χ0) is 14.8. The number of methoxy groups -OCH3 is 1. The third kappa shape index (κ3) is 2.97. The molecule has 0 saturated carbocycles. The van der Waals surface area contributed by atoms with Gasteiger partial charge in [0.15, 0.2) is 5.82 Å². The van der Waals surface area contributed by atoms with Crippen LogP contribution >= 0.6 is 22.2 Å². The van der Waals surface area contributed by atoms with Crippen molar-refractivity contribution in [2.75, 3.05) is 13.7 Å². The first-order valence-electron chi connectivity index (χ1n) is 5.67. The van der Waals surface area contributed by atoms with E-state index in [1.165, 1.54) is 11.7 Å². The predicted octanol–water partition coefficient (Wildman–Crippen LogP) is 0.933. The molecular formula is C9H12ClN5O3S2. The first kappa shape index (κ1) is 15.3. The zero-order valence-corrected chi connectivity index (χ0v) is 13.2. The molecule has 2 aromatic rings. The largest absolute Gasteiger partial charge is 0.383 e.